The molecule has 0 unspecified atom stereocenters. The summed E-state index contributed by atoms with van der Waals surface area (Å²) < 4.78 is 4.95. The predicted octanol–water partition coefficient (Wildman–Crippen LogP) is 2.99. The van der Waals surface area contributed by atoms with Gasteiger partial charge in [-0.1, -0.05) is 27.2 Å². The van der Waals surface area contributed by atoms with Gasteiger partial charge in [0.2, 0.25) is 0 Å². The van der Waals surface area contributed by atoms with Crippen molar-refractivity contribution in [1.82, 2.24) is 0 Å². The smallest absolute Gasteiger partial charge is 1.00 e. The van der Waals surface area contributed by atoms with Crippen molar-refractivity contribution in [2.24, 2.45) is 17.8 Å². The molecule has 1 rings (SSSR count). The van der Waals surface area contributed by atoms with Crippen LogP contribution in [0.1, 0.15) is 42.9 Å². The minimum absolute atomic E-state index is 0. The summed E-state index contributed by atoms with van der Waals surface area (Å²) in [6, 6.07) is 0. The normalized spacial score (nSPS) is 30.8. The first-order chi connectivity index (χ1) is 6.50. The zero-order valence-electron chi connectivity index (χ0n) is 11.9. The summed E-state index contributed by atoms with van der Waals surface area (Å²) in [6.45, 7) is 6.44. The van der Waals surface area contributed by atoms with Gasteiger partial charge in [-0.05, 0) is 30.6 Å². The zero-order chi connectivity index (χ0) is 10.7. The quantitative estimate of drug-likeness (QED) is 0.598. The number of rotatable bonds is 2. The molecule has 1 aliphatic rings. The molecule has 0 aromatic heterocycles. The van der Waals surface area contributed by atoms with Gasteiger partial charge in [-0.2, -0.15) is 0 Å². The Balaban J connectivity index is -0.000000653. The van der Waals surface area contributed by atoms with Crippen molar-refractivity contribution in [3.05, 3.63) is 0 Å². The minimum atomic E-state index is -1.13. The Hall–Kier alpha value is 0.530. The van der Waals surface area contributed by atoms with Crippen molar-refractivity contribution in [2.75, 3.05) is 0 Å². The van der Waals surface area contributed by atoms with Crippen LogP contribution in [0.4, 0.5) is 4.79 Å². The maximum atomic E-state index is 10.5. The van der Waals surface area contributed by atoms with E-state index in [0.717, 1.165) is 12.8 Å². The molecule has 3 nitrogen and oxygen atoms in total. The van der Waals surface area contributed by atoms with Gasteiger partial charge in [-0.25, -0.2) is 4.79 Å². The molecule has 1 N–H and O–H groups in total. The number of hydrogen-bond donors (Lipinski definition) is 1. The average molecular weight is 242 g/mol. The molecular formula is C11H22CaO3. The van der Waals surface area contributed by atoms with Crippen molar-refractivity contribution >= 4 is 43.9 Å². The van der Waals surface area contributed by atoms with Gasteiger partial charge < -0.3 is 12.7 Å². The Kier molecular flexibility index (Phi) is 7.22. The molecule has 0 heterocycles. The molecule has 1 aliphatic carbocycles. The van der Waals surface area contributed by atoms with E-state index in [1.54, 1.807) is 0 Å². The molecule has 0 aromatic carbocycles. The molecule has 4 heteroatoms. The van der Waals surface area contributed by atoms with Crippen molar-refractivity contribution < 1.29 is 17.5 Å². The molecule has 0 aliphatic heterocycles. The van der Waals surface area contributed by atoms with Gasteiger partial charge in [0.1, 0.15) is 6.10 Å². The SMILES string of the molecule is CC(C)[C@@H]1CC[C@@H](C)C[C@H]1OC(=O)O.[Ca+2].[H-].[H-]. The van der Waals surface area contributed by atoms with Crippen LogP contribution in [0.15, 0.2) is 0 Å². The third-order valence-corrected chi connectivity index (χ3v) is 3.21. The van der Waals surface area contributed by atoms with Crippen molar-refractivity contribution in [2.45, 2.75) is 46.1 Å². The Morgan fingerprint density at radius 3 is 2.53 bits per heavy atom. The van der Waals surface area contributed by atoms with Crippen LogP contribution in [0, 0.1) is 17.8 Å². The summed E-state index contributed by atoms with van der Waals surface area (Å²) in [5.74, 6) is 1.50. The molecule has 0 spiro atoms. The number of ether oxygens (including phenoxy) is 1. The number of hydrogen-bond acceptors (Lipinski definition) is 2. The van der Waals surface area contributed by atoms with Crippen LogP contribution in [0.2, 0.25) is 0 Å². The Morgan fingerprint density at radius 2 is 2.07 bits per heavy atom. The summed E-state index contributed by atoms with van der Waals surface area (Å²) in [5.41, 5.74) is 0. The van der Waals surface area contributed by atoms with Crippen LogP contribution in [0.5, 0.6) is 0 Å². The van der Waals surface area contributed by atoms with E-state index in [1.807, 2.05) is 0 Å². The average Bonchev–Trinajstić information content (AvgIpc) is 2.01. The molecule has 15 heavy (non-hydrogen) atoms. The summed E-state index contributed by atoms with van der Waals surface area (Å²) in [4.78, 5) is 10.5. The third kappa shape index (κ3) is 4.92. The topological polar surface area (TPSA) is 46.5 Å². The van der Waals surface area contributed by atoms with E-state index in [4.69, 9.17) is 9.84 Å². The van der Waals surface area contributed by atoms with Gasteiger partial charge in [0, 0.05) is 0 Å². The molecule has 0 amide bonds. The maximum Gasteiger partial charge on any atom is 2.00 e. The van der Waals surface area contributed by atoms with Crippen LogP contribution >= 0.6 is 0 Å². The molecule has 3 atom stereocenters. The zero-order valence-corrected chi connectivity index (χ0v) is 12.1. The summed E-state index contributed by atoms with van der Waals surface area (Å²) in [7, 11) is 0. The fourth-order valence-electron chi connectivity index (χ4n) is 2.38. The van der Waals surface area contributed by atoms with Gasteiger partial charge in [-0.15, -0.1) is 0 Å². The standard InChI is InChI=1S/C11H20O3.Ca.2H/c1-7(2)9-5-4-8(3)6-10(9)14-11(12)13;;;/h7-10H,4-6H2,1-3H3,(H,12,13);;;/q;+2;2*-1/t8-,9+,10-;;;/m1.../s1. The largest absolute Gasteiger partial charge is 2.00 e. The van der Waals surface area contributed by atoms with E-state index in [1.165, 1.54) is 6.42 Å². The van der Waals surface area contributed by atoms with E-state index in [2.05, 4.69) is 20.8 Å². The molecule has 0 saturated heterocycles. The van der Waals surface area contributed by atoms with E-state index in [9.17, 15) is 4.79 Å². The fraction of sp³-hybridized carbons (Fsp3) is 0.909. The van der Waals surface area contributed by atoms with Crippen molar-refractivity contribution in [3.8, 4) is 0 Å². The molecule has 0 radical (unpaired) electrons. The summed E-state index contributed by atoms with van der Waals surface area (Å²) >= 11 is 0. The Labute approximate surface area is 125 Å². The predicted molar refractivity (Wildman–Crippen MR) is 62.2 cm³/mol. The molecular weight excluding hydrogens is 220 g/mol. The second-order valence-corrected chi connectivity index (χ2v) is 4.75. The van der Waals surface area contributed by atoms with Crippen LogP contribution in [0.3, 0.4) is 0 Å². The van der Waals surface area contributed by atoms with Crippen molar-refractivity contribution in [1.29, 1.82) is 0 Å². The first-order valence-electron chi connectivity index (χ1n) is 5.40. The first kappa shape index (κ1) is 15.5. The van der Waals surface area contributed by atoms with Crippen molar-refractivity contribution in [3.63, 3.8) is 0 Å². The first-order valence-corrected chi connectivity index (χ1v) is 5.40. The van der Waals surface area contributed by atoms with Crippen LogP contribution < -0.4 is 0 Å². The van der Waals surface area contributed by atoms with E-state index < -0.39 is 6.16 Å². The van der Waals surface area contributed by atoms with E-state index in [-0.39, 0.29) is 46.7 Å². The van der Waals surface area contributed by atoms with Gasteiger partial charge in [0.05, 0.1) is 0 Å². The second-order valence-electron chi connectivity index (χ2n) is 4.75. The van der Waals surface area contributed by atoms with Crippen LogP contribution in [-0.2, 0) is 4.74 Å². The van der Waals surface area contributed by atoms with Gasteiger partial charge >= 0.3 is 43.9 Å². The van der Waals surface area contributed by atoms with Gasteiger partial charge in [0.25, 0.3) is 0 Å². The van der Waals surface area contributed by atoms with E-state index >= 15 is 0 Å². The van der Waals surface area contributed by atoms with Gasteiger partial charge in [-0.3, -0.25) is 0 Å². The Morgan fingerprint density at radius 1 is 1.47 bits per heavy atom. The molecule has 1 saturated carbocycles. The van der Waals surface area contributed by atoms with Crippen LogP contribution in [0.25, 0.3) is 0 Å². The second kappa shape index (κ2) is 6.97. The van der Waals surface area contributed by atoms with Gasteiger partial charge in [0.15, 0.2) is 0 Å². The fourth-order valence-corrected chi connectivity index (χ4v) is 2.38. The Bertz CT molecular complexity index is 215. The van der Waals surface area contributed by atoms with E-state index in [0.29, 0.717) is 17.8 Å². The monoisotopic (exact) mass is 242 g/mol. The number of carboxylic acid groups (broad SMARTS) is 1. The number of carbonyl (C=O) groups is 1. The maximum absolute atomic E-state index is 10.5. The minimum Gasteiger partial charge on any atom is -1.00 e. The molecule has 0 aromatic rings. The molecule has 86 valence electrons. The summed E-state index contributed by atoms with van der Waals surface area (Å²) in [5, 5.41) is 8.63. The molecule has 0 bridgehead atoms. The van der Waals surface area contributed by atoms with Crippen LogP contribution in [-0.4, -0.2) is 55.1 Å². The summed E-state index contributed by atoms with van der Waals surface area (Å²) in [6.07, 6.45) is 1.96. The molecule has 1 fully saturated rings. The third-order valence-electron chi connectivity index (χ3n) is 3.21.